The summed E-state index contributed by atoms with van der Waals surface area (Å²) in [6.45, 7) is 3.45. The Balaban J connectivity index is 2.36. The Morgan fingerprint density at radius 3 is 1.66 bits per heavy atom. The van der Waals surface area contributed by atoms with E-state index in [0.29, 0.717) is 11.1 Å². The van der Waals surface area contributed by atoms with Crippen molar-refractivity contribution in [3.05, 3.63) is 23.3 Å². The summed E-state index contributed by atoms with van der Waals surface area (Å²) in [5.74, 6) is -0.159. The molecule has 2 aliphatic rings. The van der Waals surface area contributed by atoms with Crippen LogP contribution < -0.4 is 20.4 Å². The molecule has 2 atom stereocenters. The molecular formula is C20H28N6O8S4. The number of hydrogen-bond acceptors (Lipinski definition) is 14. The Labute approximate surface area is 237 Å². The fourth-order valence-corrected chi connectivity index (χ4v) is 5.44. The Kier molecular flexibility index (Phi) is 9.36. The highest BCUT2D eigenvalue weighted by atomic mass is 32.2. The number of carbonyl (C=O) groups is 4. The molecule has 0 fully saturated rings. The molecule has 4 amide bonds. The van der Waals surface area contributed by atoms with Crippen molar-refractivity contribution in [3.63, 3.8) is 0 Å². The Bertz CT molecular complexity index is 1130. The second kappa shape index (κ2) is 11.8. The molecule has 2 unspecified atom stereocenters. The van der Waals surface area contributed by atoms with E-state index in [4.69, 9.17) is 19.1 Å². The van der Waals surface area contributed by atoms with E-state index in [1.54, 1.807) is 32.4 Å². The molecule has 0 saturated heterocycles. The van der Waals surface area contributed by atoms with Gasteiger partial charge in [0.1, 0.15) is 9.74 Å². The third-order valence-electron chi connectivity index (χ3n) is 5.50. The van der Waals surface area contributed by atoms with Crippen LogP contribution >= 0.6 is 47.8 Å². The lowest BCUT2D eigenvalue weighted by molar-refractivity contribution is 0.0454. The number of hydroxylamine groups is 2. The Hall–Kier alpha value is -2.38. The van der Waals surface area contributed by atoms with Crippen molar-refractivity contribution >= 4 is 72.2 Å². The zero-order valence-corrected chi connectivity index (χ0v) is 25.1. The molecule has 14 nitrogen and oxygen atoms in total. The van der Waals surface area contributed by atoms with Gasteiger partial charge < -0.3 is 19.1 Å². The van der Waals surface area contributed by atoms with Crippen LogP contribution in [0, 0.1) is 0 Å². The van der Waals surface area contributed by atoms with Gasteiger partial charge in [-0.1, -0.05) is 6.07 Å². The molecule has 0 aliphatic carbocycles. The molecule has 2 N–H and O–H groups in total. The Morgan fingerprint density at radius 2 is 1.16 bits per heavy atom. The quantitative estimate of drug-likeness (QED) is 0.468. The molecule has 210 valence electrons. The second-order valence-electron chi connectivity index (χ2n) is 8.12. The summed E-state index contributed by atoms with van der Waals surface area (Å²) in [4.78, 5) is 59.7. The van der Waals surface area contributed by atoms with Crippen LogP contribution in [0.15, 0.2) is 12.1 Å². The molecule has 1 aromatic carbocycles. The van der Waals surface area contributed by atoms with Gasteiger partial charge in [0.05, 0.1) is 24.3 Å². The summed E-state index contributed by atoms with van der Waals surface area (Å²) < 4.78 is 15.8. The summed E-state index contributed by atoms with van der Waals surface area (Å²) in [5.41, 5.74) is 6.36. The first-order valence-electron chi connectivity index (χ1n) is 10.7. The maximum Gasteiger partial charge on any atom is 0.439 e. The monoisotopic (exact) mass is 608 g/mol. The molecule has 38 heavy (non-hydrogen) atoms. The predicted molar refractivity (Wildman–Crippen MR) is 146 cm³/mol. The number of carbonyl (C=O) groups excluding carboxylic acids is 4. The van der Waals surface area contributed by atoms with Gasteiger partial charge in [-0.15, -0.1) is 34.5 Å². The Morgan fingerprint density at radius 1 is 0.711 bits per heavy atom. The maximum atomic E-state index is 13.2. The SMILES string of the molecule is CSC1(C)NOC(=O)N(C)SN(C)C(=O)Oc2c3ccc1c2C(C)(SC)NOC(=O)N(C)SN(C)C(=O)O3. The van der Waals surface area contributed by atoms with Crippen LogP contribution in [-0.4, -0.2) is 82.3 Å². The molecule has 3 rings (SSSR count). The molecule has 2 heterocycles. The van der Waals surface area contributed by atoms with Gasteiger partial charge in [0.25, 0.3) is 0 Å². The van der Waals surface area contributed by atoms with Crippen LogP contribution in [0.4, 0.5) is 19.2 Å². The van der Waals surface area contributed by atoms with E-state index in [0.717, 1.165) is 41.5 Å². The number of benzene rings is 1. The minimum atomic E-state index is -1.27. The largest absolute Gasteiger partial charge is 0.439 e. The average molecular weight is 609 g/mol. The van der Waals surface area contributed by atoms with Gasteiger partial charge in [-0.2, -0.15) is 0 Å². The van der Waals surface area contributed by atoms with Crippen molar-refractivity contribution in [3.8, 4) is 11.5 Å². The van der Waals surface area contributed by atoms with Crippen molar-refractivity contribution in [2.24, 2.45) is 0 Å². The third-order valence-corrected chi connectivity index (χ3v) is 9.30. The lowest BCUT2D eigenvalue weighted by atomic mass is 9.94. The summed E-state index contributed by atoms with van der Waals surface area (Å²) in [6, 6.07) is 3.12. The zero-order valence-electron chi connectivity index (χ0n) is 21.8. The van der Waals surface area contributed by atoms with Gasteiger partial charge >= 0.3 is 24.4 Å². The maximum absolute atomic E-state index is 13.2. The smallest absolute Gasteiger partial charge is 0.406 e. The van der Waals surface area contributed by atoms with Crippen LogP contribution in [0.2, 0.25) is 0 Å². The van der Waals surface area contributed by atoms with Gasteiger partial charge in [-0.25, -0.2) is 36.4 Å². The lowest BCUT2D eigenvalue weighted by Gasteiger charge is -2.38. The van der Waals surface area contributed by atoms with E-state index in [2.05, 4.69) is 11.0 Å². The number of ether oxygens (including phenoxy) is 2. The molecule has 0 radical (unpaired) electrons. The highest BCUT2D eigenvalue weighted by Crippen LogP contribution is 2.50. The minimum absolute atomic E-state index is 0.0598. The fourth-order valence-electron chi connectivity index (χ4n) is 3.24. The summed E-state index contributed by atoms with van der Waals surface area (Å²) in [6.07, 6.45) is 0.240. The molecule has 1 aromatic rings. The fraction of sp³-hybridized carbons (Fsp3) is 0.500. The number of nitrogens with one attached hydrogen (secondary N) is 2. The zero-order chi connectivity index (χ0) is 28.4. The minimum Gasteiger partial charge on any atom is -0.406 e. The molecule has 18 heteroatoms. The van der Waals surface area contributed by atoms with Gasteiger partial charge in [-0.3, -0.25) is 0 Å². The van der Waals surface area contributed by atoms with Crippen LogP contribution in [-0.2, 0) is 19.4 Å². The van der Waals surface area contributed by atoms with Crippen LogP contribution in [0.25, 0.3) is 0 Å². The first-order valence-corrected chi connectivity index (χ1v) is 14.7. The van der Waals surface area contributed by atoms with Crippen molar-refractivity contribution in [1.29, 1.82) is 0 Å². The number of nitrogens with zero attached hydrogens (tertiary/aromatic N) is 4. The molecule has 0 aromatic heterocycles. The topological polar surface area (TPSA) is 142 Å². The second-order valence-corrected chi connectivity index (χ2v) is 13.1. The third kappa shape index (κ3) is 6.09. The molecule has 2 aliphatic heterocycles. The first kappa shape index (κ1) is 30.2. The number of hydrogen-bond donors (Lipinski definition) is 2. The van der Waals surface area contributed by atoms with Crippen molar-refractivity contribution in [1.82, 2.24) is 28.2 Å². The van der Waals surface area contributed by atoms with E-state index in [9.17, 15) is 19.2 Å². The van der Waals surface area contributed by atoms with Crippen LogP contribution in [0.3, 0.4) is 0 Å². The predicted octanol–water partition coefficient (Wildman–Crippen LogP) is 3.92. The van der Waals surface area contributed by atoms with E-state index >= 15 is 0 Å². The van der Waals surface area contributed by atoms with Crippen LogP contribution in [0.1, 0.15) is 25.0 Å². The standard InChI is InChI=1S/C20H28N6O8S4/c1-19(35-7)11-9-10-12-14(32-16(28)24(4)38-25(5)17(29)33-21-19)13(11)20(2,36-8)22-34-18(30)26(6)37-23(3)15(27)31-12/h9-10,21-22H,1-8H3. The summed E-state index contributed by atoms with van der Waals surface area (Å²) in [5, 5.41) is 0. The van der Waals surface area contributed by atoms with Gasteiger partial charge in [0.2, 0.25) is 0 Å². The van der Waals surface area contributed by atoms with E-state index < -0.39 is 34.1 Å². The van der Waals surface area contributed by atoms with Crippen molar-refractivity contribution in [2.75, 3.05) is 40.7 Å². The van der Waals surface area contributed by atoms with Gasteiger partial charge in [-0.05, 0) is 38.0 Å². The van der Waals surface area contributed by atoms with Gasteiger partial charge in [0, 0.05) is 33.8 Å². The lowest BCUT2D eigenvalue weighted by Crippen LogP contribution is -2.46. The first-order chi connectivity index (χ1) is 17.8. The van der Waals surface area contributed by atoms with Crippen molar-refractivity contribution < 1.29 is 38.3 Å². The normalized spacial score (nSPS) is 25.7. The summed E-state index contributed by atoms with van der Waals surface area (Å²) in [7, 11) is 5.64. The van der Waals surface area contributed by atoms with E-state index in [1.165, 1.54) is 57.8 Å². The molecule has 4 bridgehead atoms. The molecule has 0 saturated carbocycles. The number of rotatable bonds is 2. The highest BCUT2D eigenvalue weighted by Gasteiger charge is 2.43. The van der Waals surface area contributed by atoms with E-state index in [1.807, 2.05) is 0 Å². The number of amides is 4. The summed E-state index contributed by atoms with van der Waals surface area (Å²) >= 11 is 3.98. The number of thioether (sulfide) groups is 2. The van der Waals surface area contributed by atoms with E-state index in [-0.39, 0.29) is 11.5 Å². The molecule has 0 spiro atoms. The molecular weight excluding hydrogens is 581 g/mol. The van der Waals surface area contributed by atoms with Crippen molar-refractivity contribution in [2.45, 2.75) is 23.6 Å². The highest BCUT2D eigenvalue weighted by molar-refractivity contribution is 7.99. The average Bonchev–Trinajstić information content (AvgIpc) is 2.89. The van der Waals surface area contributed by atoms with Gasteiger partial charge in [0.15, 0.2) is 11.5 Å². The van der Waals surface area contributed by atoms with Crippen LogP contribution in [0.5, 0.6) is 11.5 Å².